The van der Waals surface area contributed by atoms with Crippen LogP contribution in [0.5, 0.6) is 5.75 Å². The van der Waals surface area contributed by atoms with Crippen LogP contribution < -0.4 is 5.63 Å². The Morgan fingerprint density at radius 3 is 2.82 bits per heavy atom. The van der Waals surface area contributed by atoms with Crippen molar-refractivity contribution in [2.24, 2.45) is 0 Å². The van der Waals surface area contributed by atoms with Crippen molar-refractivity contribution in [1.29, 1.82) is 0 Å². The number of carbonyl (C=O) groups is 1. The summed E-state index contributed by atoms with van der Waals surface area (Å²) in [6.07, 6.45) is -1.16. The minimum atomic E-state index is -1.07. The summed E-state index contributed by atoms with van der Waals surface area (Å²) in [6.45, 7) is 0. The highest BCUT2D eigenvalue weighted by molar-refractivity contribution is 6.11. The summed E-state index contributed by atoms with van der Waals surface area (Å²) in [5.41, 5.74) is -0.548. The molecule has 1 heterocycles. The van der Waals surface area contributed by atoms with Crippen LogP contribution in [0.25, 0.3) is 10.8 Å². The highest BCUT2D eigenvalue weighted by atomic mass is 16.4. The number of benzene rings is 1. The first-order chi connectivity index (χ1) is 8.09. The summed E-state index contributed by atoms with van der Waals surface area (Å²) in [4.78, 5) is 23.4. The molecule has 1 aliphatic rings. The largest absolute Gasteiger partial charge is 0.507 e. The third-order valence-corrected chi connectivity index (χ3v) is 2.93. The van der Waals surface area contributed by atoms with Crippen molar-refractivity contribution < 1.29 is 19.4 Å². The summed E-state index contributed by atoms with van der Waals surface area (Å²) in [6, 6.07) is 4.44. The number of phenolic OH excluding ortho intramolecular Hbond substituents is 1. The average Bonchev–Trinajstić information content (AvgIpc) is 2.54. The number of hydrogen-bond acceptors (Lipinski definition) is 5. The number of aliphatic hydroxyl groups is 1. The van der Waals surface area contributed by atoms with Crippen molar-refractivity contribution in [2.45, 2.75) is 12.5 Å². The summed E-state index contributed by atoms with van der Waals surface area (Å²) in [5.74, 6) is -0.516. The van der Waals surface area contributed by atoms with Gasteiger partial charge < -0.3 is 14.6 Å². The Kier molecular flexibility index (Phi) is 1.88. The number of ketones is 1. The molecule has 0 saturated heterocycles. The minimum Gasteiger partial charge on any atom is -0.507 e. The van der Waals surface area contributed by atoms with Crippen LogP contribution in [0.15, 0.2) is 27.4 Å². The zero-order chi connectivity index (χ0) is 12.2. The lowest BCUT2D eigenvalue weighted by Crippen LogP contribution is -2.06. The summed E-state index contributed by atoms with van der Waals surface area (Å²) < 4.78 is 4.91. The van der Waals surface area contributed by atoms with Gasteiger partial charge in [0, 0.05) is 11.8 Å². The second kappa shape index (κ2) is 3.18. The molecule has 2 N–H and O–H groups in total. The monoisotopic (exact) mass is 232 g/mol. The molecule has 5 heteroatoms. The molecule has 3 rings (SSSR count). The first-order valence-electron chi connectivity index (χ1n) is 5.09. The molecular formula is C12H8O5. The lowest BCUT2D eigenvalue weighted by Gasteiger charge is -2.05. The molecule has 0 aliphatic heterocycles. The maximum Gasteiger partial charge on any atom is 0.347 e. The Hall–Kier alpha value is -2.14. The van der Waals surface area contributed by atoms with Crippen LogP contribution in [0.4, 0.5) is 0 Å². The minimum absolute atomic E-state index is 0.00176. The van der Waals surface area contributed by atoms with Crippen LogP contribution in [0.3, 0.4) is 0 Å². The average molecular weight is 232 g/mol. The first kappa shape index (κ1) is 10.0. The van der Waals surface area contributed by atoms with Gasteiger partial charge >= 0.3 is 5.63 Å². The van der Waals surface area contributed by atoms with E-state index >= 15 is 0 Å². The van der Waals surface area contributed by atoms with E-state index in [9.17, 15) is 19.8 Å². The Bertz CT molecular complexity index is 698. The van der Waals surface area contributed by atoms with Crippen LogP contribution in [-0.4, -0.2) is 16.0 Å². The molecule has 0 spiro atoms. The van der Waals surface area contributed by atoms with Gasteiger partial charge in [0.05, 0.1) is 5.56 Å². The molecule has 2 aromatic rings. The molecule has 0 radical (unpaired) electrons. The second-order valence-corrected chi connectivity index (χ2v) is 3.97. The van der Waals surface area contributed by atoms with E-state index in [-0.39, 0.29) is 34.7 Å². The molecule has 1 unspecified atom stereocenters. The summed E-state index contributed by atoms with van der Waals surface area (Å²) in [5, 5.41) is 19.5. The molecule has 0 saturated carbocycles. The lowest BCUT2D eigenvalue weighted by atomic mass is 10.1. The molecule has 1 atom stereocenters. The van der Waals surface area contributed by atoms with Gasteiger partial charge in [0.25, 0.3) is 0 Å². The van der Waals surface area contributed by atoms with E-state index in [4.69, 9.17) is 4.42 Å². The SMILES string of the molecule is O=C1CC(O)c2oc(=O)c3c(O)cccc3c21. The molecule has 5 nitrogen and oxygen atoms in total. The van der Waals surface area contributed by atoms with Gasteiger partial charge in [0.15, 0.2) is 5.78 Å². The van der Waals surface area contributed by atoms with Crippen molar-refractivity contribution in [1.82, 2.24) is 0 Å². The van der Waals surface area contributed by atoms with Gasteiger partial charge in [-0.25, -0.2) is 4.79 Å². The van der Waals surface area contributed by atoms with E-state index in [2.05, 4.69) is 0 Å². The molecule has 86 valence electrons. The van der Waals surface area contributed by atoms with Crippen LogP contribution >= 0.6 is 0 Å². The van der Waals surface area contributed by atoms with Gasteiger partial charge in [0.1, 0.15) is 23.0 Å². The summed E-state index contributed by atoms with van der Waals surface area (Å²) >= 11 is 0. The number of phenols is 1. The van der Waals surface area contributed by atoms with E-state index < -0.39 is 11.7 Å². The van der Waals surface area contributed by atoms with Crippen LogP contribution in [0.1, 0.15) is 28.6 Å². The van der Waals surface area contributed by atoms with E-state index in [1.807, 2.05) is 0 Å². The van der Waals surface area contributed by atoms with Crippen molar-refractivity contribution in [2.75, 3.05) is 0 Å². The van der Waals surface area contributed by atoms with Crippen molar-refractivity contribution in [3.05, 3.63) is 39.9 Å². The van der Waals surface area contributed by atoms with E-state index in [0.29, 0.717) is 5.39 Å². The normalized spacial score (nSPS) is 18.6. The Morgan fingerprint density at radius 2 is 2.06 bits per heavy atom. The molecule has 0 fully saturated rings. The smallest absolute Gasteiger partial charge is 0.347 e. The fourth-order valence-electron chi connectivity index (χ4n) is 2.19. The van der Waals surface area contributed by atoms with Crippen molar-refractivity contribution in [3.63, 3.8) is 0 Å². The fraction of sp³-hybridized carbons (Fsp3) is 0.167. The molecule has 1 aliphatic carbocycles. The van der Waals surface area contributed by atoms with E-state index in [1.165, 1.54) is 12.1 Å². The molecule has 1 aromatic carbocycles. The number of fused-ring (bicyclic) bond motifs is 3. The molecular weight excluding hydrogens is 224 g/mol. The second-order valence-electron chi connectivity index (χ2n) is 3.97. The van der Waals surface area contributed by atoms with Gasteiger partial charge in [-0.1, -0.05) is 12.1 Å². The van der Waals surface area contributed by atoms with Gasteiger partial charge in [0.2, 0.25) is 0 Å². The summed E-state index contributed by atoms with van der Waals surface area (Å²) in [7, 11) is 0. The first-order valence-corrected chi connectivity index (χ1v) is 5.09. The number of aromatic hydroxyl groups is 1. The maximum atomic E-state index is 11.7. The van der Waals surface area contributed by atoms with E-state index in [1.54, 1.807) is 6.07 Å². The predicted molar refractivity (Wildman–Crippen MR) is 58.1 cm³/mol. The van der Waals surface area contributed by atoms with Crippen LogP contribution in [-0.2, 0) is 0 Å². The van der Waals surface area contributed by atoms with E-state index in [0.717, 1.165) is 0 Å². The van der Waals surface area contributed by atoms with Gasteiger partial charge in [-0.05, 0) is 6.07 Å². The Labute approximate surface area is 94.9 Å². The Morgan fingerprint density at radius 1 is 1.29 bits per heavy atom. The molecule has 1 aromatic heterocycles. The fourth-order valence-corrected chi connectivity index (χ4v) is 2.19. The predicted octanol–water partition coefficient (Wildman–Crippen LogP) is 1.12. The molecule has 17 heavy (non-hydrogen) atoms. The van der Waals surface area contributed by atoms with Gasteiger partial charge in [-0.3, -0.25) is 4.79 Å². The molecule has 0 amide bonds. The number of carbonyl (C=O) groups excluding carboxylic acids is 1. The zero-order valence-electron chi connectivity index (χ0n) is 8.64. The highest BCUT2D eigenvalue weighted by Gasteiger charge is 2.33. The Balaban J connectivity index is 2.56. The number of rotatable bonds is 0. The van der Waals surface area contributed by atoms with Gasteiger partial charge in [-0.15, -0.1) is 0 Å². The standard InChI is InChI=1S/C12H8O5/c13-6-3-1-2-5-9-7(14)4-8(15)11(9)17-12(16)10(5)6/h1-3,8,13,15H,4H2. The maximum absolute atomic E-state index is 11.7. The quantitative estimate of drug-likeness (QED) is 0.710. The lowest BCUT2D eigenvalue weighted by molar-refractivity contribution is 0.0916. The molecule has 0 bridgehead atoms. The zero-order valence-corrected chi connectivity index (χ0v) is 8.64. The third-order valence-electron chi connectivity index (χ3n) is 2.93. The van der Waals surface area contributed by atoms with Crippen molar-refractivity contribution >= 4 is 16.6 Å². The number of aliphatic hydroxyl groups excluding tert-OH is 1. The van der Waals surface area contributed by atoms with Crippen LogP contribution in [0, 0.1) is 0 Å². The van der Waals surface area contributed by atoms with Crippen LogP contribution in [0.2, 0.25) is 0 Å². The van der Waals surface area contributed by atoms with Gasteiger partial charge in [-0.2, -0.15) is 0 Å². The van der Waals surface area contributed by atoms with Crippen molar-refractivity contribution in [3.8, 4) is 5.75 Å². The number of hydrogen-bond donors (Lipinski definition) is 2. The third kappa shape index (κ3) is 1.23. The topological polar surface area (TPSA) is 87.7 Å². The highest BCUT2D eigenvalue weighted by Crippen LogP contribution is 2.36. The number of Topliss-reactive ketones (excluding diaryl/α,β-unsaturated/α-hetero) is 1.